The normalized spacial score (nSPS) is 9.33. The monoisotopic (exact) mass is 481 g/mol. The van der Waals surface area contributed by atoms with Crippen molar-refractivity contribution >= 4 is 40.6 Å². The number of benzene rings is 4. The van der Waals surface area contributed by atoms with E-state index in [1.807, 2.05) is 121 Å². The molecule has 0 atom stereocenters. The second kappa shape index (κ2) is 14.1. The molecule has 0 radical (unpaired) electrons. The van der Waals surface area contributed by atoms with Crippen molar-refractivity contribution in [2.75, 3.05) is 9.80 Å². The largest absolute Gasteiger partial charge is 0.370 e. The summed E-state index contributed by atoms with van der Waals surface area (Å²) in [7, 11) is 0. The molecule has 0 aliphatic carbocycles. The van der Waals surface area contributed by atoms with Crippen LogP contribution >= 0.6 is 0 Å². The van der Waals surface area contributed by atoms with Crippen LogP contribution < -0.4 is 32.7 Å². The fourth-order valence-electron chi connectivity index (χ4n) is 3.16. The maximum absolute atomic E-state index is 7.63. The van der Waals surface area contributed by atoms with Crippen molar-refractivity contribution in [2.24, 2.45) is 22.9 Å². The van der Waals surface area contributed by atoms with Crippen molar-refractivity contribution in [3.05, 3.63) is 121 Å². The number of rotatable bonds is 4. The lowest BCUT2D eigenvalue weighted by atomic mass is 10.2. The number of nitrogens with two attached hydrogens (primary N) is 4. The standard InChI is InChI=1S/2C13H13N3.CH5N3/c2*14-13(15)16(11-7-3-1-4-8-11)12-9-5-2-6-10-12;2-1(3)4/h2*1-10H,(H3,14,15);(H5,2,3,4). The quantitative estimate of drug-likeness (QED) is 0.169. The Hall–Kier alpha value is -5.31. The first kappa shape index (κ1) is 26.9. The molecule has 11 N–H and O–H groups in total. The molecule has 0 heterocycles. The summed E-state index contributed by atoms with van der Waals surface area (Å²) in [5.74, 6) is -0.310. The number of nitrogens with zero attached hydrogens (tertiary/aromatic N) is 2. The van der Waals surface area contributed by atoms with E-state index in [1.54, 1.807) is 9.80 Å². The molecule has 9 nitrogen and oxygen atoms in total. The van der Waals surface area contributed by atoms with E-state index in [-0.39, 0.29) is 17.9 Å². The van der Waals surface area contributed by atoms with Gasteiger partial charge < -0.3 is 22.9 Å². The van der Waals surface area contributed by atoms with E-state index in [2.05, 4.69) is 11.5 Å². The van der Waals surface area contributed by atoms with Crippen molar-refractivity contribution < 1.29 is 0 Å². The van der Waals surface area contributed by atoms with Crippen LogP contribution in [0.1, 0.15) is 0 Å². The molecule has 0 fully saturated rings. The van der Waals surface area contributed by atoms with Crippen LogP contribution in [-0.4, -0.2) is 17.9 Å². The molecule has 0 aliphatic rings. The van der Waals surface area contributed by atoms with E-state index in [1.165, 1.54) is 0 Å². The predicted molar refractivity (Wildman–Crippen MR) is 150 cm³/mol. The van der Waals surface area contributed by atoms with Gasteiger partial charge in [-0.05, 0) is 48.5 Å². The molecule has 0 aliphatic heterocycles. The minimum absolute atomic E-state index is 0.0115. The van der Waals surface area contributed by atoms with E-state index in [0.717, 1.165) is 22.7 Å². The van der Waals surface area contributed by atoms with Crippen LogP contribution in [0, 0.1) is 16.2 Å². The second-order valence-corrected chi connectivity index (χ2v) is 7.24. The summed E-state index contributed by atoms with van der Waals surface area (Å²) in [6, 6.07) is 38.5. The summed E-state index contributed by atoms with van der Waals surface area (Å²) < 4.78 is 0. The summed E-state index contributed by atoms with van der Waals surface area (Å²) in [6.07, 6.45) is 0. The Kier molecular flexibility index (Phi) is 10.5. The Labute approximate surface area is 211 Å². The smallest absolute Gasteiger partial charge is 0.197 e. The van der Waals surface area contributed by atoms with Crippen LogP contribution in [0.25, 0.3) is 0 Å². The Morgan fingerprint density at radius 3 is 0.694 bits per heavy atom. The number of nitrogens with one attached hydrogen (secondary N) is 3. The molecular formula is C27H31N9. The molecule has 36 heavy (non-hydrogen) atoms. The van der Waals surface area contributed by atoms with Crippen LogP contribution in [0.15, 0.2) is 121 Å². The summed E-state index contributed by atoms with van der Waals surface area (Å²) >= 11 is 0. The fourth-order valence-corrected chi connectivity index (χ4v) is 3.16. The lowest BCUT2D eigenvalue weighted by molar-refractivity contribution is 1.25. The first-order valence-electron chi connectivity index (χ1n) is 10.9. The topological polar surface area (TPSA) is 182 Å². The van der Waals surface area contributed by atoms with Crippen LogP contribution in [0.4, 0.5) is 22.7 Å². The summed E-state index contributed by atoms with van der Waals surface area (Å²) in [4.78, 5) is 3.39. The third-order valence-electron chi connectivity index (χ3n) is 4.54. The molecule has 9 heteroatoms. The zero-order chi connectivity index (χ0) is 26.3. The fraction of sp³-hybridized carbons (Fsp3) is 0. The molecule has 0 saturated carbocycles. The van der Waals surface area contributed by atoms with Gasteiger partial charge >= 0.3 is 0 Å². The van der Waals surface area contributed by atoms with Gasteiger partial charge in [-0.1, -0.05) is 72.8 Å². The molecule has 0 aromatic heterocycles. The first-order valence-corrected chi connectivity index (χ1v) is 10.9. The van der Waals surface area contributed by atoms with E-state index in [9.17, 15) is 0 Å². The third-order valence-corrected chi connectivity index (χ3v) is 4.54. The third kappa shape index (κ3) is 8.56. The second-order valence-electron chi connectivity index (χ2n) is 7.24. The number of para-hydroxylation sites is 4. The van der Waals surface area contributed by atoms with Gasteiger partial charge in [-0.3, -0.25) is 26.0 Å². The molecule has 4 aromatic carbocycles. The molecule has 0 saturated heterocycles. The summed E-state index contributed by atoms with van der Waals surface area (Å²) in [5.41, 5.74) is 23.7. The molecule has 0 amide bonds. The van der Waals surface area contributed by atoms with E-state index < -0.39 is 0 Å². The minimum atomic E-state index is -0.333. The van der Waals surface area contributed by atoms with Gasteiger partial charge in [-0.25, -0.2) is 0 Å². The maximum Gasteiger partial charge on any atom is 0.197 e. The molecule has 0 unspecified atom stereocenters. The highest BCUT2D eigenvalue weighted by molar-refractivity contribution is 6.00. The van der Waals surface area contributed by atoms with Gasteiger partial charge in [0.1, 0.15) is 0 Å². The highest BCUT2D eigenvalue weighted by Gasteiger charge is 2.11. The van der Waals surface area contributed by atoms with Crippen LogP contribution in [0.5, 0.6) is 0 Å². The molecule has 4 rings (SSSR count). The van der Waals surface area contributed by atoms with Crippen molar-refractivity contribution in [3.8, 4) is 0 Å². The van der Waals surface area contributed by atoms with Crippen molar-refractivity contribution in [3.63, 3.8) is 0 Å². The number of hydrogen-bond acceptors (Lipinski definition) is 3. The van der Waals surface area contributed by atoms with Gasteiger partial charge in [0.25, 0.3) is 0 Å². The SMILES string of the molecule is N=C(N)N.N=C(N)N(c1ccccc1)c1ccccc1.N=C(N)N(c1ccccc1)c1ccccc1. The Morgan fingerprint density at radius 2 is 0.556 bits per heavy atom. The highest BCUT2D eigenvalue weighted by atomic mass is 15.2. The van der Waals surface area contributed by atoms with Gasteiger partial charge in [0.05, 0.1) is 0 Å². The summed E-state index contributed by atoms with van der Waals surface area (Å²) in [6.45, 7) is 0. The Morgan fingerprint density at radius 1 is 0.389 bits per heavy atom. The van der Waals surface area contributed by atoms with Gasteiger partial charge in [-0.15, -0.1) is 0 Å². The summed E-state index contributed by atoms with van der Waals surface area (Å²) in [5, 5.41) is 21.3. The van der Waals surface area contributed by atoms with Gasteiger partial charge in [-0.2, -0.15) is 0 Å². The van der Waals surface area contributed by atoms with Crippen LogP contribution in [0.3, 0.4) is 0 Å². The minimum Gasteiger partial charge on any atom is -0.370 e. The molecule has 4 aromatic rings. The van der Waals surface area contributed by atoms with Crippen LogP contribution in [-0.2, 0) is 0 Å². The molecule has 0 bridgehead atoms. The lowest BCUT2D eigenvalue weighted by Gasteiger charge is -2.22. The molecular weight excluding hydrogens is 450 g/mol. The van der Waals surface area contributed by atoms with E-state index in [0.29, 0.717) is 0 Å². The average molecular weight is 482 g/mol. The first-order chi connectivity index (χ1) is 17.3. The predicted octanol–water partition coefficient (Wildman–Crippen LogP) is 4.27. The van der Waals surface area contributed by atoms with Gasteiger partial charge in [0.2, 0.25) is 0 Å². The molecule has 184 valence electrons. The van der Waals surface area contributed by atoms with Crippen molar-refractivity contribution in [1.29, 1.82) is 16.2 Å². The number of anilines is 4. The van der Waals surface area contributed by atoms with E-state index in [4.69, 9.17) is 27.7 Å². The van der Waals surface area contributed by atoms with Crippen LogP contribution in [0.2, 0.25) is 0 Å². The highest BCUT2D eigenvalue weighted by Crippen LogP contribution is 2.24. The average Bonchev–Trinajstić information content (AvgIpc) is 2.87. The van der Waals surface area contributed by atoms with Crippen molar-refractivity contribution in [2.45, 2.75) is 0 Å². The number of hydrogen-bond donors (Lipinski definition) is 7. The lowest BCUT2D eigenvalue weighted by Crippen LogP contribution is -2.32. The van der Waals surface area contributed by atoms with Gasteiger partial charge in [0.15, 0.2) is 17.9 Å². The maximum atomic E-state index is 7.63. The van der Waals surface area contributed by atoms with Gasteiger partial charge in [0, 0.05) is 22.7 Å². The zero-order valence-corrected chi connectivity index (χ0v) is 19.8. The molecule has 0 spiro atoms. The van der Waals surface area contributed by atoms with Crippen molar-refractivity contribution in [1.82, 2.24) is 0 Å². The Bertz CT molecular complexity index is 1040. The van der Waals surface area contributed by atoms with E-state index >= 15 is 0 Å². The number of guanidine groups is 3. The zero-order valence-electron chi connectivity index (χ0n) is 19.8. The Balaban J connectivity index is 0.000000221.